The molecule has 0 aliphatic rings. The quantitative estimate of drug-likeness (QED) is 0.743. The Morgan fingerprint density at radius 3 is 2.94 bits per heavy atom. The number of aliphatic hydroxyl groups excluding tert-OH is 1. The molecule has 16 heavy (non-hydrogen) atoms. The Hall–Kier alpha value is -1.20. The second-order valence-corrected chi connectivity index (χ2v) is 3.53. The Balaban J connectivity index is 2.71. The highest BCUT2D eigenvalue weighted by Crippen LogP contribution is 2.18. The van der Waals surface area contributed by atoms with Crippen LogP contribution in [0.25, 0.3) is 0 Å². The molecule has 1 N–H and O–H groups in total. The SMILES string of the molecule is COCCCN(C)c1nccc(CO)c1F. The number of rotatable bonds is 6. The highest BCUT2D eigenvalue weighted by molar-refractivity contribution is 5.41. The second-order valence-electron chi connectivity index (χ2n) is 3.53. The van der Waals surface area contributed by atoms with Gasteiger partial charge in [-0.05, 0) is 12.5 Å². The van der Waals surface area contributed by atoms with Crippen LogP contribution in [0.2, 0.25) is 0 Å². The van der Waals surface area contributed by atoms with Crippen LogP contribution in [0, 0.1) is 5.82 Å². The Morgan fingerprint density at radius 1 is 1.56 bits per heavy atom. The minimum atomic E-state index is -0.454. The summed E-state index contributed by atoms with van der Waals surface area (Å²) in [4.78, 5) is 5.68. The van der Waals surface area contributed by atoms with Crippen molar-refractivity contribution in [3.63, 3.8) is 0 Å². The van der Waals surface area contributed by atoms with Crippen molar-refractivity contribution < 1.29 is 14.2 Å². The van der Waals surface area contributed by atoms with Gasteiger partial charge in [-0.25, -0.2) is 9.37 Å². The molecule has 0 radical (unpaired) electrons. The molecule has 0 aromatic carbocycles. The molecule has 0 aliphatic heterocycles. The summed E-state index contributed by atoms with van der Waals surface area (Å²) < 4.78 is 18.7. The van der Waals surface area contributed by atoms with Crippen LogP contribution in [-0.2, 0) is 11.3 Å². The van der Waals surface area contributed by atoms with Crippen molar-refractivity contribution in [2.75, 3.05) is 32.2 Å². The molecule has 0 unspecified atom stereocenters. The van der Waals surface area contributed by atoms with Crippen molar-refractivity contribution >= 4 is 5.82 Å². The number of hydrogen-bond donors (Lipinski definition) is 1. The van der Waals surface area contributed by atoms with Gasteiger partial charge in [0.1, 0.15) is 0 Å². The number of methoxy groups -OCH3 is 1. The summed E-state index contributed by atoms with van der Waals surface area (Å²) in [7, 11) is 3.40. The maximum Gasteiger partial charge on any atom is 0.171 e. The first-order valence-corrected chi connectivity index (χ1v) is 5.15. The molecule has 1 rings (SSSR count). The average Bonchev–Trinajstić information content (AvgIpc) is 2.29. The summed E-state index contributed by atoms with van der Waals surface area (Å²) in [6.45, 7) is 0.978. The molecule has 0 bridgehead atoms. The Kier molecular flexibility index (Phi) is 5.14. The van der Waals surface area contributed by atoms with Crippen molar-refractivity contribution in [2.45, 2.75) is 13.0 Å². The lowest BCUT2D eigenvalue weighted by molar-refractivity contribution is 0.196. The molecule has 4 nitrogen and oxygen atoms in total. The van der Waals surface area contributed by atoms with Gasteiger partial charge in [-0.3, -0.25) is 0 Å². The largest absolute Gasteiger partial charge is 0.392 e. The molecular weight excluding hydrogens is 211 g/mol. The summed E-state index contributed by atoms with van der Waals surface area (Å²) in [6, 6.07) is 1.47. The minimum absolute atomic E-state index is 0.266. The van der Waals surface area contributed by atoms with E-state index in [4.69, 9.17) is 9.84 Å². The van der Waals surface area contributed by atoms with Crippen LogP contribution in [0.1, 0.15) is 12.0 Å². The van der Waals surface area contributed by atoms with Crippen molar-refractivity contribution in [3.05, 3.63) is 23.6 Å². The van der Waals surface area contributed by atoms with Crippen LogP contribution >= 0.6 is 0 Å². The van der Waals surface area contributed by atoms with E-state index in [1.54, 1.807) is 19.1 Å². The van der Waals surface area contributed by atoms with Gasteiger partial charge in [-0.15, -0.1) is 0 Å². The molecule has 0 atom stereocenters. The third-order valence-electron chi connectivity index (χ3n) is 2.32. The smallest absolute Gasteiger partial charge is 0.171 e. The third kappa shape index (κ3) is 3.15. The Bertz CT molecular complexity index is 334. The third-order valence-corrected chi connectivity index (χ3v) is 2.32. The lowest BCUT2D eigenvalue weighted by atomic mass is 10.2. The van der Waals surface area contributed by atoms with E-state index in [2.05, 4.69) is 4.98 Å². The Labute approximate surface area is 94.7 Å². The maximum absolute atomic E-state index is 13.7. The number of aromatic nitrogens is 1. The first kappa shape index (κ1) is 12.9. The van der Waals surface area contributed by atoms with Gasteiger partial charge in [0.15, 0.2) is 11.6 Å². The van der Waals surface area contributed by atoms with Gasteiger partial charge >= 0.3 is 0 Å². The van der Waals surface area contributed by atoms with Gasteiger partial charge in [0.05, 0.1) is 6.61 Å². The van der Waals surface area contributed by atoms with E-state index >= 15 is 0 Å². The lowest BCUT2D eigenvalue weighted by Gasteiger charge is -2.19. The maximum atomic E-state index is 13.7. The number of ether oxygens (including phenoxy) is 1. The molecule has 0 fully saturated rings. The van der Waals surface area contributed by atoms with Crippen LogP contribution in [-0.4, -0.2) is 37.4 Å². The van der Waals surface area contributed by atoms with Crippen molar-refractivity contribution in [1.29, 1.82) is 0 Å². The van der Waals surface area contributed by atoms with E-state index in [0.717, 1.165) is 6.42 Å². The zero-order valence-electron chi connectivity index (χ0n) is 9.61. The zero-order valence-corrected chi connectivity index (χ0v) is 9.61. The van der Waals surface area contributed by atoms with E-state index in [9.17, 15) is 4.39 Å². The Morgan fingerprint density at radius 2 is 2.31 bits per heavy atom. The normalized spacial score (nSPS) is 10.5. The zero-order chi connectivity index (χ0) is 12.0. The standard InChI is InChI=1S/C11H17FN2O2/c1-14(6-3-7-16-2)11-10(12)9(8-15)4-5-13-11/h4-5,15H,3,6-8H2,1-2H3. The predicted molar refractivity (Wildman–Crippen MR) is 59.9 cm³/mol. The number of anilines is 1. The first-order valence-electron chi connectivity index (χ1n) is 5.15. The van der Waals surface area contributed by atoms with Crippen LogP contribution < -0.4 is 4.90 Å². The highest BCUT2D eigenvalue weighted by Gasteiger charge is 2.12. The number of nitrogens with zero attached hydrogens (tertiary/aromatic N) is 2. The van der Waals surface area contributed by atoms with Crippen LogP contribution in [0.4, 0.5) is 10.2 Å². The molecule has 0 spiro atoms. The number of aliphatic hydroxyl groups is 1. The first-order chi connectivity index (χ1) is 7.70. The second kappa shape index (κ2) is 6.40. The molecule has 0 aliphatic carbocycles. The van der Waals surface area contributed by atoms with E-state index < -0.39 is 5.82 Å². The van der Waals surface area contributed by atoms with Crippen LogP contribution in [0.5, 0.6) is 0 Å². The topological polar surface area (TPSA) is 45.6 Å². The highest BCUT2D eigenvalue weighted by atomic mass is 19.1. The molecule has 0 saturated carbocycles. The van der Waals surface area contributed by atoms with Crippen molar-refractivity contribution in [1.82, 2.24) is 4.98 Å². The fraction of sp³-hybridized carbons (Fsp3) is 0.545. The van der Waals surface area contributed by atoms with Gasteiger partial charge < -0.3 is 14.7 Å². The van der Waals surface area contributed by atoms with E-state index in [0.29, 0.717) is 13.2 Å². The number of halogens is 1. The summed E-state index contributed by atoms with van der Waals surface area (Å²) in [6.07, 6.45) is 2.30. The lowest BCUT2D eigenvalue weighted by Crippen LogP contribution is -2.22. The van der Waals surface area contributed by atoms with Crippen LogP contribution in [0.15, 0.2) is 12.3 Å². The molecule has 1 heterocycles. The van der Waals surface area contributed by atoms with Gasteiger partial charge in [0.2, 0.25) is 0 Å². The molecule has 1 aromatic heterocycles. The predicted octanol–water partition coefficient (Wildman–Crippen LogP) is 1.19. The van der Waals surface area contributed by atoms with E-state index in [1.165, 1.54) is 12.3 Å². The molecule has 0 saturated heterocycles. The number of pyridine rings is 1. The van der Waals surface area contributed by atoms with Crippen LogP contribution in [0.3, 0.4) is 0 Å². The van der Waals surface area contributed by atoms with Gasteiger partial charge in [-0.1, -0.05) is 0 Å². The molecule has 5 heteroatoms. The monoisotopic (exact) mass is 228 g/mol. The van der Waals surface area contributed by atoms with Crippen molar-refractivity contribution in [3.8, 4) is 0 Å². The molecular formula is C11H17FN2O2. The fourth-order valence-electron chi connectivity index (χ4n) is 1.41. The summed E-state index contributed by atoms with van der Waals surface area (Å²) in [5.41, 5.74) is 0.267. The van der Waals surface area contributed by atoms with Gasteiger partial charge in [0, 0.05) is 39.1 Å². The fourth-order valence-corrected chi connectivity index (χ4v) is 1.41. The molecule has 90 valence electrons. The van der Waals surface area contributed by atoms with Gasteiger partial charge in [-0.2, -0.15) is 0 Å². The number of hydrogen-bond acceptors (Lipinski definition) is 4. The molecule has 1 aromatic rings. The van der Waals surface area contributed by atoms with E-state index in [-0.39, 0.29) is 18.0 Å². The summed E-state index contributed by atoms with van der Waals surface area (Å²) in [5, 5.41) is 8.93. The van der Waals surface area contributed by atoms with Gasteiger partial charge in [0.25, 0.3) is 0 Å². The summed E-state index contributed by atoms with van der Waals surface area (Å²) >= 11 is 0. The minimum Gasteiger partial charge on any atom is -0.392 e. The van der Waals surface area contributed by atoms with E-state index in [1.807, 2.05) is 0 Å². The average molecular weight is 228 g/mol. The summed E-state index contributed by atoms with van der Waals surface area (Å²) in [5.74, 6) is -0.187. The van der Waals surface area contributed by atoms with Crippen molar-refractivity contribution in [2.24, 2.45) is 0 Å². The molecule has 0 amide bonds.